The third-order valence-electron chi connectivity index (χ3n) is 3.79. The third-order valence-corrected chi connectivity index (χ3v) is 4.37. The first-order chi connectivity index (χ1) is 12.6. The van der Waals surface area contributed by atoms with E-state index in [4.69, 9.17) is 27.9 Å². The van der Waals surface area contributed by atoms with Crippen LogP contribution in [0.1, 0.15) is 32.4 Å². The van der Waals surface area contributed by atoms with E-state index in [1.165, 1.54) is 0 Å². The van der Waals surface area contributed by atoms with E-state index in [0.717, 1.165) is 0 Å². The fourth-order valence-corrected chi connectivity index (χ4v) is 2.80. The number of ketones is 1. The van der Waals surface area contributed by atoms with Gasteiger partial charge in [0.1, 0.15) is 0 Å². The Morgan fingerprint density at radius 3 is 2.04 bits per heavy atom. The molecule has 1 atom stereocenters. The summed E-state index contributed by atoms with van der Waals surface area (Å²) in [4.78, 5) is 25.5. The van der Waals surface area contributed by atoms with Crippen LogP contribution in [0.4, 0.5) is 0 Å². The van der Waals surface area contributed by atoms with Gasteiger partial charge in [0, 0.05) is 16.1 Å². The van der Waals surface area contributed by atoms with Crippen molar-refractivity contribution in [2.24, 2.45) is 0 Å². The molecule has 0 aromatic heterocycles. The molecular weight excluding hydrogens is 371 g/mol. The highest BCUT2D eigenvalue weighted by molar-refractivity contribution is 6.33. The Hall–Kier alpha value is -2.62. The zero-order valence-corrected chi connectivity index (χ0v) is 15.1. The Balaban J connectivity index is 1.95. The maximum absolute atomic E-state index is 12.9. The van der Waals surface area contributed by atoms with Gasteiger partial charge in [-0.3, -0.25) is 4.79 Å². The average molecular weight is 385 g/mol. The number of hydrogen-bond acceptors (Lipinski definition) is 3. The van der Waals surface area contributed by atoms with Crippen molar-refractivity contribution < 1.29 is 14.3 Å². The van der Waals surface area contributed by atoms with Gasteiger partial charge in [0.25, 0.3) is 0 Å². The maximum atomic E-state index is 12.9. The van der Waals surface area contributed by atoms with E-state index < -0.39 is 12.1 Å². The van der Waals surface area contributed by atoms with Gasteiger partial charge in [-0.15, -0.1) is 0 Å². The molecule has 0 aliphatic carbocycles. The fourth-order valence-electron chi connectivity index (χ4n) is 2.46. The van der Waals surface area contributed by atoms with Crippen molar-refractivity contribution in [1.29, 1.82) is 0 Å². The van der Waals surface area contributed by atoms with Crippen LogP contribution >= 0.6 is 23.2 Å². The van der Waals surface area contributed by atoms with Crippen LogP contribution in [0.2, 0.25) is 10.0 Å². The standard InChI is InChI=1S/C21H14Cl2O3/c22-16-12-10-15(11-13-16)20(19(24)14-6-2-1-3-7-14)26-21(25)17-8-4-5-9-18(17)23/h1-13,20H/t20-/m1/s1. The molecule has 0 saturated carbocycles. The molecule has 26 heavy (non-hydrogen) atoms. The molecule has 0 fully saturated rings. The van der Waals surface area contributed by atoms with Crippen LogP contribution in [0.25, 0.3) is 0 Å². The molecule has 5 heteroatoms. The Morgan fingerprint density at radius 2 is 1.38 bits per heavy atom. The quantitative estimate of drug-likeness (QED) is 0.413. The summed E-state index contributed by atoms with van der Waals surface area (Å²) >= 11 is 12.0. The summed E-state index contributed by atoms with van der Waals surface area (Å²) in [6.07, 6.45) is -1.10. The van der Waals surface area contributed by atoms with Crippen molar-refractivity contribution in [3.05, 3.63) is 106 Å². The second kappa shape index (κ2) is 8.17. The monoisotopic (exact) mass is 384 g/mol. The SMILES string of the molecule is O=C(O[C@@H](C(=O)c1ccccc1)c1ccc(Cl)cc1)c1ccccc1Cl. The van der Waals surface area contributed by atoms with Gasteiger partial charge in [-0.2, -0.15) is 0 Å². The second-order valence-corrected chi connectivity index (χ2v) is 6.39. The van der Waals surface area contributed by atoms with Crippen molar-refractivity contribution in [3.63, 3.8) is 0 Å². The normalized spacial score (nSPS) is 11.6. The third kappa shape index (κ3) is 4.13. The number of carbonyl (C=O) groups excluding carboxylic acids is 2. The molecule has 0 aliphatic rings. The molecular formula is C21H14Cl2O3. The number of halogens is 2. The first-order valence-corrected chi connectivity index (χ1v) is 8.62. The molecule has 0 saturated heterocycles. The lowest BCUT2D eigenvalue weighted by atomic mass is 9.99. The summed E-state index contributed by atoms with van der Waals surface area (Å²) in [5.41, 5.74) is 1.18. The van der Waals surface area contributed by atoms with Gasteiger partial charge in [-0.25, -0.2) is 4.79 Å². The van der Waals surface area contributed by atoms with Crippen molar-refractivity contribution in [3.8, 4) is 0 Å². The van der Waals surface area contributed by atoms with Gasteiger partial charge in [-0.05, 0) is 24.3 Å². The van der Waals surface area contributed by atoms with Crippen molar-refractivity contribution in [2.45, 2.75) is 6.10 Å². The lowest BCUT2D eigenvalue weighted by molar-refractivity contribution is 0.0280. The number of Topliss-reactive ketones (excluding diaryl/α,β-unsaturated/α-hetero) is 1. The number of ether oxygens (including phenoxy) is 1. The second-order valence-electron chi connectivity index (χ2n) is 5.55. The number of esters is 1. The first-order valence-electron chi connectivity index (χ1n) is 7.86. The van der Waals surface area contributed by atoms with E-state index in [1.807, 2.05) is 6.07 Å². The zero-order chi connectivity index (χ0) is 18.5. The van der Waals surface area contributed by atoms with Crippen molar-refractivity contribution >= 4 is 35.0 Å². The van der Waals surface area contributed by atoms with E-state index in [-0.39, 0.29) is 16.4 Å². The molecule has 0 bridgehead atoms. The van der Waals surface area contributed by atoms with Gasteiger partial charge in [0.2, 0.25) is 5.78 Å². The Morgan fingerprint density at radius 1 is 0.769 bits per heavy atom. The van der Waals surface area contributed by atoms with E-state index in [0.29, 0.717) is 16.1 Å². The van der Waals surface area contributed by atoms with Crippen LogP contribution in [-0.4, -0.2) is 11.8 Å². The van der Waals surface area contributed by atoms with Crippen LogP contribution in [0.15, 0.2) is 78.9 Å². The number of benzene rings is 3. The Bertz CT molecular complexity index is 922. The van der Waals surface area contributed by atoms with Crippen molar-refractivity contribution in [1.82, 2.24) is 0 Å². The number of rotatable bonds is 5. The molecule has 0 N–H and O–H groups in total. The predicted octanol–water partition coefficient (Wildman–Crippen LogP) is 5.77. The zero-order valence-electron chi connectivity index (χ0n) is 13.6. The van der Waals surface area contributed by atoms with Crippen LogP contribution in [-0.2, 0) is 4.74 Å². The van der Waals surface area contributed by atoms with Gasteiger partial charge >= 0.3 is 5.97 Å². The van der Waals surface area contributed by atoms with Gasteiger partial charge in [0.05, 0.1) is 10.6 Å². The van der Waals surface area contributed by atoms with E-state index in [1.54, 1.807) is 72.8 Å². The maximum Gasteiger partial charge on any atom is 0.340 e. The van der Waals surface area contributed by atoms with Crippen LogP contribution in [0.3, 0.4) is 0 Å². The molecule has 0 unspecified atom stereocenters. The number of hydrogen-bond donors (Lipinski definition) is 0. The molecule has 3 nitrogen and oxygen atoms in total. The lowest BCUT2D eigenvalue weighted by Gasteiger charge is -2.18. The van der Waals surface area contributed by atoms with Crippen molar-refractivity contribution in [2.75, 3.05) is 0 Å². The van der Waals surface area contributed by atoms with Gasteiger partial charge in [0.15, 0.2) is 6.10 Å². The summed E-state index contributed by atoms with van der Waals surface area (Å²) < 4.78 is 5.54. The summed E-state index contributed by atoms with van der Waals surface area (Å²) in [6, 6.07) is 21.8. The van der Waals surface area contributed by atoms with E-state index in [9.17, 15) is 9.59 Å². The molecule has 3 aromatic rings. The number of carbonyl (C=O) groups is 2. The minimum atomic E-state index is -1.10. The molecule has 0 aliphatic heterocycles. The first kappa shape index (κ1) is 18.2. The Labute approximate surface area is 161 Å². The highest BCUT2D eigenvalue weighted by Crippen LogP contribution is 2.27. The molecule has 0 heterocycles. The molecule has 0 spiro atoms. The van der Waals surface area contributed by atoms with Crippen LogP contribution < -0.4 is 0 Å². The summed E-state index contributed by atoms with van der Waals surface area (Å²) in [6.45, 7) is 0. The molecule has 130 valence electrons. The highest BCUT2D eigenvalue weighted by Gasteiger charge is 2.27. The molecule has 0 radical (unpaired) electrons. The molecule has 3 aromatic carbocycles. The average Bonchev–Trinajstić information content (AvgIpc) is 2.67. The smallest absolute Gasteiger partial charge is 0.340 e. The van der Waals surface area contributed by atoms with Crippen LogP contribution in [0.5, 0.6) is 0 Å². The van der Waals surface area contributed by atoms with Gasteiger partial charge in [-0.1, -0.05) is 77.8 Å². The van der Waals surface area contributed by atoms with Crippen LogP contribution in [0, 0.1) is 0 Å². The minimum absolute atomic E-state index is 0.203. The Kier molecular flexibility index (Phi) is 5.71. The minimum Gasteiger partial charge on any atom is -0.445 e. The largest absolute Gasteiger partial charge is 0.445 e. The summed E-state index contributed by atoms with van der Waals surface area (Å²) in [5, 5.41) is 0.789. The lowest BCUT2D eigenvalue weighted by Crippen LogP contribution is -2.20. The predicted molar refractivity (Wildman–Crippen MR) is 102 cm³/mol. The molecule has 3 rings (SSSR count). The molecule has 0 amide bonds. The topological polar surface area (TPSA) is 43.4 Å². The highest BCUT2D eigenvalue weighted by atomic mass is 35.5. The van der Waals surface area contributed by atoms with E-state index >= 15 is 0 Å². The van der Waals surface area contributed by atoms with E-state index in [2.05, 4.69) is 0 Å². The summed E-state index contributed by atoms with van der Waals surface area (Å²) in [5.74, 6) is -0.992. The van der Waals surface area contributed by atoms with Gasteiger partial charge < -0.3 is 4.74 Å². The summed E-state index contributed by atoms with van der Waals surface area (Å²) in [7, 11) is 0. The fraction of sp³-hybridized carbons (Fsp3) is 0.0476.